The predicted molar refractivity (Wildman–Crippen MR) is 75.2 cm³/mol. The first kappa shape index (κ1) is 13.1. The van der Waals surface area contributed by atoms with Crippen molar-refractivity contribution in [3.05, 3.63) is 12.2 Å². The van der Waals surface area contributed by atoms with E-state index in [0.29, 0.717) is 0 Å². The van der Waals surface area contributed by atoms with Crippen LogP contribution in [0.2, 0.25) is 0 Å². The minimum atomic E-state index is 0.911. The summed E-state index contributed by atoms with van der Waals surface area (Å²) in [5, 5.41) is 0. The molecule has 2 aliphatic heterocycles. The van der Waals surface area contributed by atoms with E-state index in [1.807, 2.05) is 0 Å². The summed E-state index contributed by atoms with van der Waals surface area (Å²) >= 11 is 0. The van der Waals surface area contributed by atoms with E-state index in [9.17, 15) is 0 Å². The highest BCUT2D eigenvalue weighted by atomic mass is 15.2. The van der Waals surface area contributed by atoms with Crippen LogP contribution in [-0.2, 0) is 0 Å². The largest absolute Gasteiger partial charge is 0.297 e. The van der Waals surface area contributed by atoms with Crippen molar-refractivity contribution in [2.24, 2.45) is 5.92 Å². The van der Waals surface area contributed by atoms with E-state index in [4.69, 9.17) is 0 Å². The highest BCUT2D eigenvalue weighted by Crippen LogP contribution is 2.36. The molecule has 0 unspecified atom stereocenters. The summed E-state index contributed by atoms with van der Waals surface area (Å²) < 4.78 is 0. The van der Waals surface area contributed by atoms with Gasteiger partial charge < -0.3 is 0 Å². The third kappa shape index (κ3) is 3.34. The van der Waals surface area contributed by atoms with Gasteiger partial charge >= 0.3 is 0 Å². The van der Waals surface area contributed by atoms with Crippen LogP contribution in [0.3, 0.4) is 0 Å². The Balaban J connectivity index is 1.75. The van der Waals surface area contributed by atoms with Crippen molar-refractivity contribution >= 4 is 0 Å². The Bertz CT molecular complexity index is 246. The zero-order valence-corrected chi connectivity index (χ0v) is 11.7. The van der Waals surface area contributed by atoms with Crippen LogP contribution in [0.1, 0.15) is 65.2 Å². The van der Waals surface area contributed by atoms with Crippen LogP contribution < -0.4 is 0 Å². The van der Waals surface area contributed by atoms with Crippen LogP contribution in [0.4, 0.5) is 0 Å². The summed E-state index contributed by atoms with van der Waals surface area (Å²) in [7, 11) is 0. The average Bonchev–Trinajstić information content (AvgIpc) is 2.81. The molecule has 2 aliphatic rings. The fourth-order valence-electron chi connectivity index (χ4n) is 3.76. The Morgan fingerprint density at radius 2 is 2.06 bits per heavy atom. The van der Waals surface area contributed by atoms with Crippen LogP contribution in [0.15, 0.2) is 12.2 Å². The van der Waals surface area contributed by atoms with Crippen LogP contribution in [-0.4, -0.2) is 23.5 Å². The summed E-state index contributed by atoms with van der Waals surface area (Å²) in [6.07, 6.45) is 15.8. The van der Waals surface area contributed by atoms with Crippen molar-refractivity contribution in [2.75, 3.05) is 6.54 Å². The van der Waals surface area contributed by atoms with E-state index in [-0.39, 0.29) is 0 Å². The molecular weight excluding hydrogens is 206 g/mol. The summed E-state index contributed by atoms with van der Waals surface area (Å²) in [5.74, 6) is 0.953. The van der Waals surface area contributed by atoms with Gasteiger partial charge in [-0.25, -0.2) is 0 Å². The van der Waals surface area contributed by atoms with Crippen LogP contribution in [0.25, 0.3) is 0 Å². The Kier molecular flexibility index (Phi) is 5.09. The maximum atomic E-state index is 2.84. The van der Waals surface area contributed by atoms with Crippen LogP contribution in [0, 0.1) is 5.92 Å². The first-order valence-corrected chi connectivity index (χ1v) is 7.73. The first-order valence-electron chi connectivity index (χ1n) is 7.73. The quantitative estimate of drug-likeness (QED) is 0.505. The number of hydrogen-bond donors (Lipinski definition) is 0. The average molecular weight is 235 g/mol. The second-order valence-corrected chi connectivity index (χ2v) is 5.97. The lowest BCUT2D eigenvalue weighted by Gasteiger charge is -2.41. The van der Waals surface area contributed by atoms with E-state index < -0.39 is 0 Å². The van der Waals surface area contributed by atoms with E-state index >= 15 is 0 Å². The zero-order chi connectivity index (χ0) is 12.1. The second-order valence-electron chi connectivity index (χ2n) is 5.97. The van der Waals surface area contributed by atoms with Gasteiger partial charge in [0.25, 0.3) is 0 Å². The maximum Gasteiger partial charge on any atom is 0.0124 e. The molecule has 2 saturated heterocycles. The summed E-state index contributed by atoms with van der Waals surface area (Å²) in [6, 6.07) is 1.84. The molecule has 0 spiro atoms. The van der Waals surface area contributed by atoms with Crippen LogP contribution in [0.5, 0.6) is 0 Å². The third-order valence-corrected chi connectivity index (χ3v) is 4.73. The Labute approximate surface area is 107 Å². The zero-order valence-electron chi connectivity index (χ0n) is 11.7. The normalized spacial score (nSPS) is 34.4. The fourth-order valence-corrected chi connectivity index (χ4v) is 3.76. The molecule has 0 saturated carbocycles. The Hall–Kier alpha value is -0.300. The van der Waals surface area contributed by atoms with Crippen molar-refractivity contribution in [1.29, 1.82) is 0 Å². The SMILES string of the molecule is CC/C=C\CCC[C@@H]1CC[C@@H](C)[C@@H]2CCCN12. The van der Waals surface area contributed by atoms with Gasteiger partial charge in [0.1, 0.15) is 0 Å². The van der Waals surface area contributed by atoms with Gasteiger partial charge in [0.05, 0.1) is 0 Å². The summed E-state index contributed by atoms with van der Waals surface area (Å²) in [4.78, 5) is 2.84. The van der Waals surface area contributed by atoms with E-state index in [1.165, 1.54) is 57.9 Å². The number of nitrogens with zero attached hydrogens (tertiary/aromatic N) is 1. The Morgan fingerprint density at radius 3 is 2.88 bits per heavy atom. The molecule has 0 aromatic rings. The van der Waals surface area contributed by atoms with Gasteiger partial charge in [-0.15, -0.1) is 0 Å². The number of hydrogen-bond acceptors (Lipinski definition) is 1. The molecule has 98 valence electrons. The molecule has 1 heteroatoms. The molecule has 2 fully saturated rings. The minimum Gasteiger partial charge on any atom is -0.297 e. The molecule has 1 nitrogen and oxygen atoms in total. The number of unbranched alkanes of at least 4 members (excludes halogenated alkanes) is 1. The Morgan fingerprint density at radius 1 is 1.18 bits per heavy atom. The van der Waals surface area contributed by atoms with Gasteiger partial charge in [-0.05, 0) is 63.8 Å². The fraction of sp³-hybridized carbons (Fsp3) is 0.875. The lowest BCUT2D eigenvalue weighted by atomic mass is 9.85. The van der Waals surface area contributed by atoms with Crippen molar-refractivity contribution in [1.82, 2.24) is 4.90 Å². The standard InChI is InChI=1S/C16H29N/c1-3-4-5-6-7-9-15-12-11-14(2)16-10-8-13-17(15)16/h4-5,14-16H,3,6-13H2,1-2H3/b5-4-/t14-,15-,16+/m1/s1. The van der Waals surface area contributed by atoms with E-state index in [2.05, 4.69) is 30.9 Å². The smallest absolute Gasteiger partial charge is 0.0124 e. The van der Waals surface area contributed by atoms with Crippen molar-refractivity contribution in [2.45, 2.75) is 77.3 Å². The van der Waals surface area contributed by atoms with E-state index in [1.54, 1.807) is 0 Å². The molecule has 2 heterocycles. The maximum absolute atomic E-state index is 2.84. The molecule has 0 N–H and O–H groups in total. The molecule has 3 atom stereocenters. The van der Waals surface area contributed by atoms with Gasteiger partial charge in [0.2, 0.25) is 0 Å². The molecule has 2 rings (SSSR count). The number of rotatable bonds is 5. The highest BCUT2D eigenvalue weighted by molar-refractivity contribution is 4.92. The highest BCUT2D eigenvalue weighted by Gasteiger charge is 2.37. The topological polar surface area (TPSA) is 3.24 Å². The van der Waals surface area contributed by atoms with Crippen molar-refractivity contribution in [3.8, 4) is 0 Å². The van der Waals surface area contributed by atoms with Crippen molar-refractivity contribution < 1.29 is 0 Å². The summed E-state index contributed by atoms with van der Waals surface area (Å²) in [6.45, 7) is 6.06. The molecule has 0 amide bonds. The second kappa shape index (κ2) is 6.58. The molecule has 0 bridgehead atoms. The predicted octanol–water partition coefficient (Wildman–Crippen LogP) is 4.39. The van der Waals surface area contributed by atoms with Gasteiger partial charge in [0, 0.05) is 12.1 Å². The first-order chi connectivity index (χ1) is 8.33. The number of allylic oxidation sites excluding steroid dienone is 2. The lowest BCUT2D eigenvalue weighted by Crippen LogP contribution is -2.46. The van der Waals surface area contributed by atoms with Gasteiger partial charge in [-0.3, -0.25) is 4.90 Å². The lowest BCUT2D eigenvalue weighted by molar-refractivity contribution is 0.0756. The monoisotopic (exact) mass is 235 g/mol. The van der Waals surface area contributed by atoms with Crippen molar-refractivity contribution in [3.63, 3.8) is 0 Å². The van der Waals surface area contributed by atoms with Crippen LogP contribution >= 0.6 is 0 Å². The molecule has 0 radical (unpaired) electrons. The third-order valence-electron chi connectivity index (χ3n) is 4.73. The molecule has 0 aromatic carbocycles. The van der Waals surface area contributed by atoms with Gasteiger partial charge in [-0.1, -0.05) is 26.0 Å². The van der Waals surface area contributed by atoms with Gasteiger partial charge in [-0.2, -0.15) is 0 Å². The number of piperidine rings is 1. The molecule has 0 aliphatic carbocycles. The minimum absolute atomic E-state index is 0.911. The molecule has 17 heavy (non-hydrogen) atoms. The van der Waals surface area contributed by atoms with Gasteiger partial charge in [0.15, 0.2) is 0 Å². The van der Waals surface area contributed by atoms with E-state index in [0.717, 1.165) is 18.0 Å². The number of fused-ring (bicyclic) bond motifs is 1. The molecule has 0 aromatic heterocycles. The summed E-state index contributed by atoms with van der Waals surface area (Å²) in [5.41, 5.74) is 0. The molecular formula is C16H29N.